The molecule has 47 heavy (non-hydrogen) atoms. The molecular weight excluding hydrogens is 616 g/mol. The summed E-state index contributed by atoms with van der Waals surface area (Å²) >= 11 is 0. The fraction of sp³-hybridized carbons (Fsp3) is 0.471. The van der Waals surface area contributed by atoms with Gasteiger partial charge in [-0.3, -0.25) is 0 Å². The molecule has 1 heterocycles. The number of ether oxygens (including phenoxy) is 5. The normalized spacial score (nSPS) is 29.1. The van der Waals surface area contributed by atoms with Gasteiger partial charge >= 0.3 is 23.9 Å². The fourth-order valence-electron chi connectivity index (χ4n) is 7.75. The minimum absolute atomic E-state index is 0.00657. The average molecular weight is 653 g/mol. The molecule has 0 amide bonds. The van der Waals surface area contributed by atoms with Gasteiger partial charge in [-0.2, -0.15) is 0 Å². The summed E-state index contributed by atoms with van der Waals surface area (Å²) in [6.45, 7) is 3.21. The quantitative estimate of drug-likeness (QED) is 0.215. The Balaban J connectivity index is 1.22. The summed E-state index contributed by atoms with van der Waals surface area (Å²) in [5, 5.41) is 42.9. The number of aliphatic hydroxyl groups is 3. The molecule has 13 heteroatoms. The van der Waals surface area contributed by atoms with Crippen molar-refractivity contribution in [2.45, 2.75) is 81.1 Å². The Labute approximate surface area is 269 Å². The third kappa shape index (κ3) is 5.04. The highest BCUT2D eigenvalue weighted by molar-refractivity contribution is 5.88. The summed E-state index contributed by atoms with van der Waals surface area (Å²) in [7, 11) is 1.50. The smallest absolute Gasteiger partial charge is 0.353 e. The van der Waals surface area contributed by atoms with E-state index >= 15 is 0 Å². The lowest BCUT2D eigenvalue weighted by Gasteiger charge is -2.61. The fourth-order valence-corrected chi connectivity index (χ4v) is 7.75. The number of carboxylic acid groups (broad SMARTS) is 1. The van der Waals surface area contributed by atoms with E-state index in [-0.39, 0.29) is 29.6 Å². The number of methoxy groups -OCH3 is 1. The van der Waals surface area contributed by atoms with Gasteiger partial charge in [0.1, 0.15) is 5.76 Å². The minimum atomic E-state index is -2.50. The maximum atomic E-state index is 13.2. The number of aliphatic hydroxyl groups excluding tert-OH is 2. The maximum absolute atomic E-state index is 13.2. The van der Waals surface area contributed by atoms with Gasteiger partial charge in [-0.1, -0.05) is 43.3 Å². The molecule has 2 bridgehead atoms. The predicted molar refractivity (Wildman–Crippen MR) is 159 cm³/mol. The Morgan fingerprint density at radius 3 is 2.36 bits per heavy atom. The van der Waals surface area contributed by atoms with Gasteiger partial charge in [0.15, 0.2) is 35.9 Å². The van der Waals surface area contributed by atoms with Crippen molar-refractivity contribution in [3.8, 4) is 11.5 Å². The molecular formula is C34H36O13. The first-order valence-electron chi connectivity index (χ1n) is 15.4. The molecule has 4 aliphatic rings. The van der Waals surface area contributed by atoms with Crippen molar-refractivity contribution in [3.05, 3.63) is 71.0 Å². The lowest BCUT2D eigenvalue weighted by Crippen LogP contribution is -2.69. The van der Waals surface area contributed by atoms with Crippen molar-refractivity contribution in [1.29, 1.82) is 0 Å². The standard InChI is InChI=1S/C34H36O13/c1-16-11-13-33-23-19-9-10-21(43-3)27(23)46-28(33)22(12-14-34(33,42)20(16)15-19)45-30(39)24(35)25(36)31(40)47-26(18-7-5-4-6-8-18)32(41)44-17(2)29(37)38/h4-10,12,16-17,20,24-26,28,35-36,42H,11,13-15H2,1-3H3,(H,37,38)/t16?,17-,20-,24+,25+,26-,28-,33-,34+/m0/s1. The number of aliphatic carboxylic acids is 1. The number of benzene rings is 2. The van der Waals surface area contributed by atoms with Crippen LogP contribution in [0.5, 0.6) is 11.5 Å². The molecule has 13 nitrogen and oxygen atoms in total. The lowest BCUT2D eigenvalue weighted by molar-refractivity contribution is -0.187. The number of carbonyl (C=O) groups is 4. The van der Waals surface area contributed by atoms with Crippen molar-refractivity contribution in [3.63, 3.8) is 0 Å². The van der Waals surface area contributed by atoms with E-state index in [1.807, 2.05) is 6.07 Å². The highest BCUT2D eigenvalue weighted by atomic mass is 16.6. The molecule has 6 rings (SSSR count). The Morgan fingerprint density at radius 1 is 0.979 bits per heavy atom. The Kier molecular flexibility index (Phi) is 8.27. The predicted octanol–water partition coefficient (Wildman–Crippen LogP) is 1.88. The van der Waals surface area contributed by atoms with Crippen molar-refractivity contribution in [2.24, 2.45) is 11.8 Å². The maximum Gasteiger partial charge on any atom is 0.353 e. The van der Waals surface area contributed by atoms with Crippen molar-refractivity contribution in [2.75, 3.05) is 7.11 Å². The molecule has 1 aliphatic heterocycles. The van der Waals surface area contributed by atoms with E-state index in [0.29, 0.717) is 24.3 Å². The van der Waals surface area contributed by atoms with Crippen LogP contribution in [0, 0.1) is 11.8 Å². The molecule has 1 spiro atoms. The molecule has 0 saturated heterocycles. The average Bonchev–Trinajstić information content (AvgIpc) is 3.42. The summed E-state index contributed by atoms with van der Waals surface area (Å²) in [5.74, 6) is -4.61. The molecule has 1 fully saturated rings. The van der Waals surface area contributed by atoms with Crippen molar-refractivity contribution < 1.29 is 63.3 Å². The van der Waals surface area contributed by atoms with Crippen molar-refractivity contribution >= 4 is 23.9 Å². The van der Waals surface area contributed by atoms with Crippen LogP contribution in [-0.2, 0) is 45.2 Å². The molecule has 250 valence electrons. The van der Waals surface area contributed by atoms with E-state index in [9.17, 15) is 34.5 Å². The Hall–Kier alpha value is -4.46. The third-order valence-electron chi connectivity index (χ3n) is 10.1. The highest BCUT2D eigenvalue weighted by Crippen LogP contribution is 2.68. The van der Waals surface area contributed by atoms with Crippen LogP contribution < -0.4 is 9.47 Å². The van der Waals surface area contributed by atoms with Crippen molar-refractivity contribution in [1.82, 2.24) is 0 Å². The van der Waals surface area contributed by atoms with Gasteiger partial charge in [0.25, 0.3) is 0 Å². The van der Waals surface area contributed by atoms with Crippen LogP contribution in [0.2, 0.25) is 0 Å². The van der Waals surface area contributed by atoms with Crippen LogP contribution in [0.1, 0.15) is 55.9 Å². The zero-order valence-corrected chi connectivity index (χ0v) is 26.0. The molecule has 2 aromatic carbocycles. The first-order valence-corrected chi connectivity index (χ1v) is 15.4. The number of carboxylic acids is 1. The zero-order valence-electron chi connectivity index (χ0n) is 26.0. The summed E-state index contributed by atoms with van der Waals surface area (Å²) < 4.78 is 27.6. The monoisotopic (exact) mass is 652 g/mol. The van der Waals surface area contributed by atoms with E-state index in [1.165, 1.54) is 37.5 Å². The second-order valence-corrected chi connectivity index (χ2v) is 12.6. The second-order valence-electron chi connectivity index (χ2n) is 12.6. The van der Waals surface area contributed by atoms with Gasteiger partial charge in [0, 0.05) is 11.1 Å². The van der Waals surface area contributed by atoms with Crippen LogP contribution in [0.4, 0.5) is 0 Å². The number of hydrogen-bond acceptors (Lipinski definition) is 12. The summed E-state index contributed by atoms with van der Waals surface area (Å²) in [6.07, 6.45) is -5.67. The lowest BCUT2D eigenvalue weighted by atomic mass is 9.45. The molecule has 3 aliphatic carbocycles. The van der Waals surface area contributed by atoms with Gasteiger partial charge in [0.2, 0.25) is 6.10 Å². The van der Waals surface area contributed by atoms with E-state index in [0.717, 1.165) is 24.5 Å². The minimum Gasteiger partial charge on any atom is -0.493 e. The van der Waals surface area contributed by atoms with Crippen LogP contribution in [0.3, 0.4) is 0 Å². The van der Waals surface area contributed by atoms with E-state index in [4.69, 9.17) is 28.8 Å². The van der Waals surface area contributed by atoms with Gasteiger partial charge in [0.05, 0.1) is 18.1 Å². The van der Waals surface area contributed by atoms with Gasteiger partial charge in [-0.15, -0.1) is 0 Å². The molecule has 2 aromatic rings. The van der Waals surface area contributed by atoms with Crippen LogP contribution >= 0.6 is 0 Å². The number of esters is 3. The van der Waals surface area contributed by atoms with E-state index in [2.05, 4.69) is 6.92 Å². The summed E-state index contributed by atoms with van der Waals surface area (Å²) in [5.41, 5.74) is -0.261. The molecule has 0 radical (unpaired) electrons. The van der Waals surface area contributed by atoms with Crippen LogP contribution in [0.25, 0.3) is 0 Å². The molecule has 4 N–H and O–H groups in total. The first kappa shape index (κ1) is 32.5. The summed E-state index contributed by atoms with van der Waals surface area (Å²) in [6, 6.07) is 11.2. The van der Waals surface area contributed by atoms with Gasteiger partial charge in [-0.05, 0) is 62.1 Å². The molecule has 1 saturated carbocycles. The molecule has 9 atom stereocenters. The Morgan fingerprint density at radius 2 is 1.68 bits per heavy atom. The highest BCUT2D eigenvalue weighted by Gasteiger charge is 2.72. The van der Waals surface area contributed by atoms with Crippen LogP contribution in [-0.4, -0.2) is 81.4 Å². The molecule has 1 unspecified atom stereocenters. The topological polar surface area (TPSA) is 195 Å². The second kappa shape index (κ2) is 12.0. The third-order valence-corrected chi connectivity index (χ3v) is 10.1. The van der Waals surface area contributed by atoms with E-state index in [1.54, 1.807) is 12.1 Å². The number of rotatable bonds is 10. The molecule has 0 aromatic heterocycles. The van der Waals surface area contributed by atoms with Gasteiger partial charge < -0.3 is 44.1 Å². The Bertz CT molecular complexity index is 1640. The van der Waals surface area contributed by atoms with Crippen LogP contribution in [0.15, 0.2) is 54.3 Å². The largest absolute Gasteiger partial charge is 0.493 e. The SMILES string of the molecule is COc1ccc2c3c1O[C@H]1C(OC(=O)[C@H](O)[C@@H](O)C(=O)O[C@H](C(=O)O[C@@H](C)C(=O)O)c4ccccc4)=CC[C@@]4(O)[C@@H](C2)C(C)CC[C@]314. The number of hydrogen-bond donors (Lipinski definition) is 4. The first-order chi connectivity index (χ1) is 22.3. The zero-order chi connectivity index (χ0) is 33.8. The number of carbonyl (C=O) groups excluding carboxylic acids is 3. The van der Waals surface area contributed by atoms with Gasteiger partial charge in [-0.25, -0.2) is 19.2 Å². The summed E-state index contributed by atoms with van der Waals surface area (Å²) in [4.78, 5) is 50.1. The van der Waals surface area contributed by atoms with E-state index < -0.39 is 65.4 Å².